The van der Waals surface area contributed by atoms with Crippen molar-refractivity contribution in [1.29, 1.82) is 0 Å². The fraction of sp³-hybridized carbons (Fsp3) is 0.667. The summed E-state index contributed by atoms with van der Waals surface area (Å²) in [4.78, 5) is 0. The van der Waals surface area contributed by atoms with E-state index in [0.29, 0.717) is 11.3 Å². The van der Waals surface area contributed by atoms with Gasteiger partial charge >= 0.3 is 0 Å². The van der Waals surface area contributed by atoms with E-state index in [1.807, 2.05) is 13.8 Å². The molecule has 0 spiro atoms. The molecule has 0 aromatic carbocycles. The molecular weight excluding hydrogens is 222 g/mol. The van der Waals surface area contributed by atoms with Gasteiger partial charge in [-0.2, -0.15) is 11.3 Å². The summed E-state index contributed by atoms with van der Waals surface area (Å²) in [7, 11) is 0. The third-order valence-electron chi connectivity index (χ3n) is 2.34. The van der Waals surface area contributed by atoms with Crippen molar-refractivity contribution in [2.24, 2.45) is 10.6 Å². The van der Waals surface area contributed by atoms with Gasteiger partial charge in [-0.25, -0.2) is 0 Å². The molecule has 0 saturated heterocycles. The molecule has 1 unspecified atom stereocenters. The van der Waals surface area contributed by atoms with Crippen molar-refractivity contribution in [3.63, 3.8) is 0 Å². The van der Waals surface area contributed by atoms with E-state index in [1.165, 1.54) is 5.56 Å². The maximum Gasteiger partial charge on any atom is -0.00583 e. The first kappa shape index (κ1) is 17.4. The van der Waals surface area contributed by atoms with Crippen LogP contribution in [0.5, 0.6) is 0 Å². The quantitative estimate of drug-likeness (QED) is 0.690. The number of hydrogen-bond donors (Lipinski definition) is 2. The average Bonchev–Trinajstić information content (AvgIpc) is 2.74. The second-order valence-electron chi connectivity index (χ2n) is 4.14. The second kappa shape index (κ2) is 9.25. The molecule has 1 heterocycles. The largest absolute Gasteiger partial charge is 0.281 e. The molecule has 0 amide bonds. The molecule has 0 aliphatic rings. The van der Waals surface area contributed by atoms with Crippen LogP contribution in [0.15, 0.2) is 16.8 Å². The van der Waals surface area contributed by atoms with Crippen molar-refractivity contribution in [2.45, 2.75) is 47.5 Å². The van der Waals surface area contributed by atoms with Gasteiger partial charge in [0.15, 0.2) is 0 Å². The average molecular weight is 247 g/mol. The molecule has 0 aliphatic heterocycles. The van der Waals surface area contributed by atoms with Gasteiger partial charge in [-0.05, 0) is 33.7 Å². The van der Waals surface area contributed by atoms with Crippen LogP contribution in [0, 0.1) is 5.41 Å². The summed E-state index contributed by atoms with van der Waals surface area (Å²) in [6.45, 7) is 13.2. The molecule has 1 nitrogen and oxygen atoms in total. The lowest BCUT2D eigenvalue weighted by atomic mass is 9.79. The monoisotopic (exact) mass is 247 g/mol. The smallest absolute Gasteiger partial charge is 0.00583 e. The maximum absolute atomic E-state index is 4.19. The SMILES string of the molecule is CC.CC(c1ccsc1)C(C)(C)C.NS. The van der Waals surface area contributed by atoms with Crippen molar-refractivity contribution in [3.8, 4) is 0 Å². The highest BCUT2D eigenvalue weighted by Crippen LogP contribution is 2.34. The van der Waals surface area contributed by atoms with Crippen LogP contribution < -0.4 is 5.14 Å². The van der Waals surface area contributed by atoms with Gasteiger partial charge in [0.2, 0.25) is 0 Å². The van der Waals surface area contributed by atoms with Gasteiger partial charge in [-0.3, -0.25) is 5.14 Å². The summed E-state index contributed by atoms with van der Waals surface area (Å²) in [5.74, 6) is 0.661. The summed E-state index contributed by atoms with van der Waals surface area (Å²) in [6, 6.07) is 2.22. The molecule has 0 aliphatic carbocycles. The Morgan fingerprint density at radius 3 is 2.00 bits per heavy atom. The summed E-state index contributed by atoms with van der Waals surface area (Å²) in [5, 5.41) is 8.59. The lowest BCUT2D eigenvalue weighted by Crippen LogP contribution is -2.14. The predicted molar refractivity (Wildman–Crippen MR) is 76.7 cm³/mol. The van der Waals surface area contributed by atoms with Crippen LogP contribution in [0.1, 0.15) is 53.0 Å². The van der Waals surface area contributed by atoms with E-state index in [0.717, 1.165) is 0 Å². The van der Waals surface area contributed by atoms with Gasteiger partial charge in [0.05, 0.1) is 0 Å². The zero-order valence-electron chi connectivity index (χ0n) is 10.7. The van der Waals surface area contributed by atoms with E-state index in [1.54, 1.807) is 11.3 Å². The van der Waals surface area contributed by atoms with Gasteiger partial charge in [-0.15, -0.1) is 12.8 Å². The Kier molecular flexibility index (Phi) is 10.7. The van der Waals surface area contributed by atoms with Crippen molar-refractivity contribution in [3.05, 3.63) is 22.4 Å². The van der Waals surface area contributed by atoms with Crippen molar-refractivity contribution >= 4 is 24.2 Å². The van der Waals surface area contributed by atoms with Crippen LogP contribution in [0.3, 0.4) is 0 Å². The maximum atomic E-state index is 4.19. The van der Waals surface area contributed by atoms with E-state index < -0.39 is 0 Å². The first-order valence-corrected chi connectivity index (χ1v) is 6.75. The van der Waals surface area contributed by atoms with Gasteiger partial charge in [0, 0.05) is 0 Å². The normalized spacial score (nSPS) is 11.7. The highest BCUT2D eigenvalue weighted by atomic mass is 32.1. The van der Waals surface area contributed by atoms with Crippen molar-refractivity contribution in [2.75, 3.05) is 0 Å². The Morgan fingerprint density at radius 1 is 1.27 bits per heavy atom. The highest BCUT2D eigenvalue weighted by Gasteiger charge is 2.21. The fourth-order valence-corrected chi connectivity index (χ4v) is 1.78. The molecule has 0 bridgehead atoms. The van der Waals surface area contributed by atoms with Gasteiger partial charge in [-0.1, -0.05) is 41.5 Å². The Labute approximate surface area is 105 Å². The number of thiophene rings is 1. The van der Waals surface area contributed by atoms with E-state index in [2.05, 4.69) is 62.5 Å². The topological polar surface area (TPSA) is 26.0 Å². The van der Waals surface area contributed by atoms with Crippen LogP contribution in [0.4, 0.5) is 0 Å². The van der Waals surface area contributed by atoms with E-state index in [4.69, 9.17) is 0 Å². The molecule has 0 fully saturated rings. The summed E-state index contributed by atoms with van der Waals surface area (Å²) < 4.78 is 0. The summed E-state index contributed by atoms with van der Waals surface area (Å²) in [6.07, 6.45) is 0. The van der Waals surface area contributed by atoms with E-state index in [9.17, 15) is 0 Å². The first-order valence-electron chi connectivity index (χ1n) is 5.29. The molecule has 3 heteroatoms. The van der Waals surface area contributed by atoms with E-state index in [-0.39, 0.29) is 0 Å². The Balaban J connectivity index is 0. The van der Waals surface area contributed by atoms with Crippen LogP contribution in [0.2, 0.25) is 0 Å². The second-order valence-corrected chi connectivity index (χ2v) is 4.92. The molecule has 0 saturated carbocycles. The molecule has 1 aromatic heterocycles. The van der Waals surface area contributed by atoms with Crippen molar-refractivity contribution in [1.82, 2.24) is 0 Å². The number of nitrogens with two attached hydrogens (primary N) is 1. The van der Waals surface area contributed by atoms with Gasteiger partial charge in [0.1, 0.15) is 0 Å². The predicted octanol–water partition coefficient (Wildman–Crippen LogP) is 4.71. The lowest BCUT2D eigenvalue weighted by Gasteiger charge is -2.26. The Hall–Kier alpha value is 0.01000. The van der Waals surface area contributed by atoms with Crippen molar-refractivity contribution < 1.29 is 0 Å². The molecule has 15 heavy (non-hydrogen) atoms. The number of hydrogen-bond acceptors (Lipinski definition) is 3. The summed E-state index contributed by atoms with van der Waals surface area (Å²) >= 11 is 4.81. The standard InChI is InChI=1S/C10H16S.C2H6.H3NS/c1-8(10(2,3)4)9-5-6-11-7-9;2*1-2/h5-8H,1-4H3;1-2H3;2H,1H2. The molecule has 1 aromatic rings. The molecule has 2 N–H and O–H groups in total. The minimum atomic E-state index is 0.390. The van der Waals surface area contributed by atoms with Gasteiger partial charge in [0.25, 0.3) is 0 Å². The lowest BCUT2D eigenvalue weighted by molar-refractivity contribution is 0.340. The molecular formula is C12H25NS2. The highest BCUT2D eigenvalue weighted by molar-refractivity contribution is 7.77. The Morgan fingerprint density at radius 2 is 1.73 bits per heavy atom. The van der Waals surface area contributed by atoms with Crippen LogP contribution in [-0.2, 0) is 0 Å². The molecule has 90 valence electrons. The van der Waals surface area contributed by atoms with Crippen LogP contribution >= 0.6 is 24.2 Å². The molecule has 1 rings (SSSR count). The number of rotatable bonds is 1. The third kappa shape index (κ3) is 6.98. The van der Waals surface area contributed by atoms with Crippen LogP contribution in [0.25, 0.3) is 0 Å². The molecule has 0 radical (unpaired) electrons. The third-order valence-corrected chi connectivity index (χ3v) is 3.04. The molecule has 1 atom stereocenters. The number of thiol groups is 1. The zero-order valence-corrected chi connectivity index (χ0v) is 12.5. The zero-order chi connectivity index (χ0) is 12.5. The van der Waals surface area contributed by atoms with Gasteiger partial charge < -0.3 is 0 Å². The first-order chi connectivity index (χ1) is 7.02. The van der Waals surface area contributed by atoms with Crippen LogP contribution in [-0.4, -0.2) is 0 Å². The minimum Gasteiger partial charge on any atom is -0.281 e. The van der Waals surface area contributed by atoms with E-state index >= 15 is 0 Å². The Bertz CT molecular complexity index is 212. The summed E-state index contributed by atoms with van der Waals surface area (Å²) in [5.41, 5.74) is 1.86. The minimum absolute atomic E-state index is 0.390. The fourth-order valence-electron chi connectivity index (χ4n) is 1.02.